The van der Waals surface area contributed by atoms with Crippen molar-refractivity contribution in [2.45, 2.75) is 26.7 Å². The van der Waals surface area contributed by atoms with Crippen molar-refractivity contribution in [1.29, 1.82) is 0 Å². The van der Waals surface area contributed by atoms with Gasteiger partial charge in [-0.15, -0.1) is 0 Å². The van der Waals surface area contributed by atoms with Crippen molar-refractivity contribution in [2.75, 3.05) is 25.5 Å². The fourth-order valence-corrected chi connectivity index (χ4v) is 2.31. The number of anilines is 1. The first-order valence-corrected chi connectivity index (χ1v) is 8.40. The van der Waals surface area contributed by atoms with E-state index in [1.54, 1.807) is 23.5 Å². The third-order valence-corrected chi connectivity index (χ3v) is 3.86. The van der Waals surface area contributed by atoms with E-state index in [4.69, 9.17) is 0 Å². The van der Waals surface area contributed by atoms with Crippen molar-refractivity contribution < 1.29 is 4.79 Å². The third kappa shape index (κ3) is 5.65. The standard InChI is InChI=1S/C19H26N4O/c1-15(2)4-11-21-17-7-12-22-18(14-17)19(24)23(3)13-8-16-5-9-20-10-6-16/h5-7,9-10,12,14-15H,4,8,11,13H2,1-3H3,(H,21,22). The van der Waals surface area contributed by atoms with E-state index in [9.17, 15) is 4.79 Å². The number of nitrogens with zero attached hydrogens (tertiary/aromatic N) is 3. The molecule has 0 atom stereocenters. The van der Waals surface area contributed by atoms with Crippen LogP contribution in [-0.2, 0) is 6.42 Å². The fraction of sp³-hybridized carbons (Fsp3) is 0.421. The number of nitrogens with one attached hydrogen (secondary N) is 1. The van der Waals surface area contributed by atoms with Crippen LogP contribution in [0.5, 0.6) is 0 Å². The number of carbonyl (C=O) groups is 1. The van der Waals surface area contributed by atoms with E-state index in [-0.39, 0.29) is 5.91 Å². The first kappa shape index (κ1) is 17.9. The second-order valence-corrected chi connectivity index (χ2v) is 6.37. The van der Waals surface area contributed by atoms with E-state index in [0.717, 1.165) is 25.1 Å². The van der Waals surface area contributed by atoms with Gasteiger partial charge in [-0.25, -0.2) is 0 Å². The minimum absolute atomic E-state index is 0.0587. The molecule has 0 radical (unpaired) electrons. The molecule has 1 amide bonds. The van der Waals surface area contributed by atoms with Crippen LogP contribution in [0.3, 0.4) is 0 Å². The lowest BCUT2D eigenvalue weighted by molar-refractivity contribution is 0.0791. The summed E-state index contributed by atoms with van der Waals surface area (Å²) in [6, 6.07) is 7.66. The van der Waals surface area contributed by atoms with E-state index in [2.05, 4.69) is 29.1 Å². The summed E-state index contributed by atoms with van der Waals surface area (Å²) >= 11 is 0. The predicted octanol–water partition coefficient (Wildman–Crippen LogP) is 3.25. The summed E-state index contributed by atoms with van der Waals surface area (Å²) in [7, 11) is 1.81. The molecule has 0 spiro atoms. The van der Waals surface area contributed by atoms with E-state index in [1.807, 2.05) is 31.3 Å². The van der Waals surface area contributed by atoms with Gasteiger partial charge in [0, 0.05) is 44.4 Å². The molecule has 2 heterocycles. The maximum atomic E-state index is 12.5. The molecule has 0 saturated heterocycles. The van der Waals surface area contributed by atoms with Crippen LogP contribution in [0.4, 0.5) is 5.69 Å². The number of hydrogen-bond acceptors (Lipinski definition) is 4. The molecule has 5 heteroatoms. The highest BCUT2D eigenvalue weighted by atomic mass is 16.2. The molecule has 5 nitrogen and oxygen atoms in total. The Bertz CT molecular complexity index is 643. The number of hydrogen-bond donors (Lipinski definition) is 1. The lowest BCUT2D eigenvalue weighted by atomic mass is 10.1. The number of amides is 1. The summed E-state index contributed by atoms with van der Waals surface area (Å²) in [5.41, 5.74) is 2.58. The average Bonchev–Trinajstić information content (AvgIpc) is 2.60. The van der Waals surface area contributed by atoms with E-state index < -0.39 is 0 Å². The molecule has 2 aromatic heterocycles. The van der Waals surface area contributed by atoms with Crippen LogP contribution in [0.25, 0.3) is 0 Å². The van der Waals surface area contributed by atoms with Gasteiger partial charge in [0.15, 0.2) is 0 Å². The van der Waals surface area contributed by atoms with Gasteiger partial charge in [-0.2, -0.15) is 0 Å². The molecule has 128 valence electrons. The molecular formula is C19H26N4O. The zero-order valence-corrected chi connectivity index (χ0v) is 14.7. The Morgan fingerprint density at radius 1 is 1.21 bits per heavy atom. The molecule has 0 bridgehead atoms. The van der Waals surface area contributed by atoms with Gasteiger partial charge < -0.3 is 10.2 Å². The molecular weight excluding hydrogens is 300 g/mol. The van der Waals surface area contributed by atoms with Crippen LogP contribution in [0.15, 0.2) is 42.9 Å². The van der Waals surface area contributed by atoms with Crippen molar-refractivity contribution in [1.82, 2.24) is 14.9 Å². The highest BCUT2D eigenvalue weighted by Crippen LogP contribution is 2.11. The van der Waals surface area contributed by atoms with Gasteiger partial charge >= 0.3 is 0 Å². The third-order valence-electron chi connectivity index (χ3n) is 3.86. The van der Waals surface area contributed by atoms with Gasteiger partial charge in [-0.1, -0.05) is 13.8 Å². The van der Waals surface area contributed by atoms with Gasteiger partial charge in [0.2, 0.25) is 0 Å². The topological polar surface area (TPSA) is 58.1 Å². The Hall–Kier alpha value is -2.43. The predicted molar refractivity (Wildman–Crippen MR) is 97.1 cm³/mol. The van der Waals surface area contributed by atoms with Crippen molar-refractivity contribution in [2.24, 2.45) is 5.92 Å². The fourth-order valence-electron chi connectivity index (χ4n) is 2.31. The van der Waals surface area contributed by atoms with E-state index in [0.29, 0.717) is 18.2 Å². The second-order valence-electron chi connectivity index (χ2n) is 6.37. The zero-order valence-electron chi connectivity index (χ0n) is 14.7. The summed E-state index contributed by atoms with van der Waals surface area (Å²) < 4.78 is 0. The quantitative estimate of drug-likeness (QED) is 0.809. The smallest absolute Gasteiger partial charge is 0.272 e. The summed E-state index contributed by atoms with van der Waals surface area (Å²) in [5, 5.41) is 3.35. The molecule has 0 aliphatic heterocycles. The normalized spacial score (nSPS) is 10.7. The molecule has 0 unspecified atom stereocenters. The summed E-state index contributed by atoms with van der Waals surface area (Å²) in [4.78, 5) is 22.5. The van der Waals surface area contributed by atoms with Crippen LogP contribution < -0.4 is 5.32 Å². The van der Waals surface area contributed by atoms with Crippen LogP contribution in [0, 0.1) is 5.92 Å². The Kier molecular flexibility index (Phi) is 6.73. The first-order chi connectivity index (χ1) is 11.6. The first-order valence-electron chi connectivity index (χ1n) is 8.40. The largest absolute Gasteiger partial charge is 0.385 e. The molecule has 2 aromatic rings. The number of aromatic nitrogens is 2. The van der Waals surface area contributed by atoms with Crippen molar-refractivity contribution in [3.8, 4) is 0 Å². The molecule has 0 aliphatic carbocycles. The summed E-state index contributed by atoms with van der Waals surface area (Å²) in [6.07, 6.45) is 7.12. The summed E-state index contributed by atoms with van der Waals surface area (Å²) in [5.74, 6) is 0.594. The highest BCUT2D eigenvalue weighted by Gasteiger charge is 2.13. The lowest BCUT2D eigenvalue weighted by Crippen LogP contribution is -2.29. The molecule has 2 rings (SSSR count). The number of carbonyl (C=O) groups excluding carboxylic acids is 1. The lowest BCUT2D eigenvalue weighted by Gasteiger charge is -2.17. The Morgan fingerprint density at radius 2 is 1.96 bits per heavy atom. The van der Waals surface area contributed by atoms with Crippen molar-refractivity contribution in [3.05, 3.63) is 54.1 Å². The minimum atomic E-state index is -0.0587. The van der Waals surface area contributed by atoms with Crippen molar-refractivity contribution >= 4 is 11.6 Å². The van der Waals surface area contributed by atoms with Gasteiger partial charge in [0.05, 0.1) is 0 Å². The Labute approximate surface area is 144 Å². The molecule has 0 fully saturated rings. The maximum absolute atomic E-state index is 12.5. The van der Waals surface area contributed by atoms with Crippen LogP contribution in [0.2, 0.25) is 0 Å². The van der Waals surface area contributed by atoms with Crippen LogP contribution >= 0.6 is 0 Å². The number of likely N-dealkylation sites (N-methyl/N-ethyl adjacent to an activating group) is 1. The molecule has 0 aliphatic rings. The Balaban J connectivity index is 1.90. The highest BCUT2D eigenvalue weighted by molar-refractivity contribution is 5.92. The monoisotopic (exact) mass is 326 g/mol. The van der Waals surface area contributed by atoms with Crippen LogP contribution in [-0.4, -0.2) is 40.9 Å². The van der Waals surface area contributed by atoms with E-state index >= 15 is 0 Å². The Morgan fingerprint density at radius 3 is 2.67 bits per heavy atom. The number of rotatable bonds is 8. The molecule has 0 saturated carbocycles. The van der Waals surface area contributed by atoms with Crippen LogP contribution in [0.1, 0.15) is 36.3 Å². The average molecular weight is 326 g/mol. The number of pyridine rings is 2. The van der Waals surface area contributed by atoms with Gasteiger partial charge in [-0.3, -0.25) is 14.8 Å². The molecule has 1 N–H and O–H groups in total. The molecule has 0 aromatic carbocycles. The summed E-state index contributed by atoms with van der Waals surface area (Å²) in [6.45, 7) is 5.94. The SMILES string of the molecule is CC(C)CCNc1ccnc(C(=O)N(C)CCc2ccncc2)c1. The van der Waals surface area contributed by atoms with Gasteiger partial charge in [0.1, 0.15) is 5.69 Å². The minimum Gasteiger partial charge on any atom is -0.385 e. The van der Waals surface area contributed by atoms with E-state index in [1.165, 1.54) is 5.56 Å². The van der Waals surface area contributed by atoms with Crippen molar-refractivity contribution in [3.63, 3.8) is 0 Å². The van der Waals surface area contributed by atoms with Gasteiger partial charge in [-0.05, 0) is 48.6 Å². The molecule has 24 heavy (non-hydrogen) atoms. The maximum Gasteiger partial charge on any atom is 0.272 e. The zero-order chi connectivity index (χ0) is 17.4. The second kappa shape index (κ2) is 9.01. The van der Waals surface area contributed by atoms with Gasteiger partial charge in [0.25, 0.3) is 5.91 Å².